The number of hydrogen-bond donors (Lipinski definition) is 0. The molecule has 4 rings (SSSR count). The van der Waals surface area contributed by atoms with Crippen LogP contribution in [-0.2, 0) is 6.54 Å². The minimum absolute atomic E-state index is 0.679. The Labute approximate surface area is 136 Å². The minimum Gasteiger partial charge on any atom is -0.338 e. The fourth-order valence-electron chi connectivity index (χ4n) is 3.31. The number of anilines is 1. The normalized spacial score (nSPS) is 20.4. The fraction of sp³-hybridized carbons (Fsp3) is 0.500. The molecule has 4 heterocycles. The topological polar surface area (TPSA) is 61.3 Å². The second-order valence-corrected chi connectivity index (χ2v) is 6.17. The average molecular weight is 311 g/mol. The second-order valence-electron chi connectivity index (χ2n) is 6.17. The molecule has 0 unspecified atom stereocenters. The summed E-state index contributed by atoms with van der Waals surface area (Å²) >= 11 is 0. The summed E-state index contributed by atoms with van der Waals surface area (Å²) in [5, 5.41) is 0. The lowest BCUT2D eigenvalue weighted by molar-refractivity contribution is 0.0253. The SMILES string of the molecule is c1cnc(N2CCN(C3CN(Cc4cncnc4)C3)CC2)nc1. The largest absolute Gasteiger partial charge is 0.338 e. The van der Waals surface area contributed by atoms with Gasteiger partial charge in [0.2, 0.25) is 5.95 Å². The highest BCUT2D eigenvalue weighted by Crippen LogP contribution is 2.20. The Morgan fingerprint density at radius 2 is 1.65 bits per heavy atom. The molecular formula is C16H21N7. The van der Waals surface area contributed by atoms with Crippen molar-refractivity contribution in [2.45, 2.75) is 12.6 Å². The second kappa shape index (κ2) is 6.55. The van der Waals surface area contributed by atoms with Crippen LogP contribution in [0, 0.1) is 0 Å². The Morgan fingerprint density at radius 1 is 0.957 bits per heavy atom. The molecule has 2 aromatic heterocycles. The lowest BCUT2D eigenvalue weighted by Gasteiger charge is -2.48. The molecule has 23 heavy (non-hydrogen) atoms. The van der Waals surface area contributed by atoms with Crippen LogP contribution in [0.25, 0.3) is 0 Å². The van der Waals surface area contributed by atoms with Gasteiger partial charge in [-0.25, -0.2) is 19.9 Å². The van der Waals surface area contributed by atoms with E-state index in [9.17, 15) is 0 Å². The Bertz CT molecular complexity index is 607. The molecule has 0 aromatic carbocycles. The smallest absolute Gasteiger partial charge is 0.225 e. The predicted molar refractivity (Wildman–Crippen MR) is 86.9 cm³/mol. The van der Waals surface area contributed by atoms with Crippen molar-refractivity contribution < 1.29 is 0 Å². The number of nitrogens with zero attached hydrogens (tertiary/aromatic N) is 7. The van der Waals surface area contributed by atoms with Crippen LogP contribution < -0.4 is 4.90 Å². The molecule has 2 aliphatic rings. The standard InChI is InChI=1S/C16H21N7/c1-2-19-16(20-3-1)23-6-4-22(5-7-23)15-11-21(12-15)10-14-8-17-13-18-9-14/h1-3,8-9,13,15H,4-7,10-12H2. The van der Waals surface area contributed by atoms with E-state index in [4.69, 9.17) is 0 Å². The van der Waals surface area contributed by atoms with Crippen molar-refractivity contribution in [2.75, 3.05) is 44.2 Å². The summed E-state index contributed by atoms with van der Waals surface area (Å²) in [6.45, 7) is 7.42. The van der Waals surface area contributed by atoms with E-state index in [0.29, 0.717) is 6.04 Å². The molecule has 0 N–H and O–H groups in total. The van der Waals surface area contributed by atoms with Crippen molar-refractivity contribution in [1.82, 2.24) is 29.7 Å². The van der Waals surface area contributed by atoms with Gasteiger partial charge >= 0.3 is 0 Å². The number of hydrogen-bond acceptors (Lipinski definition) is 7. The van der Waals surface area contributed by atoms with Gasteiger partial charge in [0, 0.05) is 82.2 Å². The summed E-state index contributed by atoms with van der Waals surface area (Å²) in [4.78, 5) is 24.2. The summed E-state index contributed by atoms with van der Waals surface area (Å²) in [7, 11) is 0. The molecule has 0 aliphatic carbocycles. The summed E-state index contributed by atoms with van der Waals surface area (Å²) in [6, 6.07) is 2.54. The molecule has 0 amide bonds. The van der Waals surface area contributed by atoms with Gasteiger partial charge in [0.15, 0.2) is 0 Å². The Hall–Kier alpha value is -2.12. The van der Waals surface area contributed by atoms with Crippen LogP contribution in [0.5, 0.6) is 0 Å². The Balaban J connectivity index is 1.23. The number of likely N-dealkylation sites (tertiary alicyclic amines) is 1. The zero-order valence-corrected chi connectivity index (χ0v) is 13.1. The van der Waals surface area contributed by atoms with Crippen LogP contribution in [0.15, 0.2) is 37.2 Å². The van der Waals surface area contributed by atoms with Gasteiger partial charge < -0.3 is 4.90 Å². The molecule has 7 nitrogen and oxygen atoms in total. The molecule has 0 spiro atoms. The first-order valence-corrected chi connectivity index (χ1v) is 8.11. The van der Waals surface area contributed by atoms with Crippen molar-refractivity contribution in [3.05, 3.63) is 42.7 Å². The summed E-state index contributed by atoms with van der Waals surface area (Å²) in [5.41, 5.74) is 1.19. The highest BCUT2D eigenvalue weighted by Gasteiger charge is 2.33. The quantitative estimate of drug-likeness (QED) is 0.803. The number of piperazine rings is 1. The first kappa shape index (κ1) is 14.5. The third-order valence-corrected chi connectivity index (χ3v) is 4.62. The molecule has 0 atom stereocenters. The van der Waals surface area contributed by atoms with Gasteiger partial charge in [0.05, 0.1) is 0 Å². The summed E-state index contributed by atoms with van der Waals surface area (Å²) < 4.78 is 0. The Kier molecular flexibility index (Phi) is 4.12. The van der Waals surface area contributed by atoms with E-state index in [0.717, 1.165) is 51.8 Å². The van der Waals surface area contributed by atoms with Crippen LogP contribution in [0.1, 0.15) is 5.56 Å². The lowest BCUT2D eigenvalue weighted by Crippen LogP contribution is -2.62. The van der Waals surface area contributed by atoms with Crippen molar-refractivity contribution in [2.24, 2.45) is 0 Å². The maximum atomic E-state index is 4.34. The van der Waals surface area contributed by atoms with Gasteiger partial charge in [0.25, 0.3) is 0 Å². The van der Waals surface area contributed by atoms with Gasteiger partial charge in [-0.2, -0.15) is 0 Å². The molecule has 2 aromatic rings. The monoisotopic (exact) mass is 311 g/mol. The van der Waals surface area contributed by atoms with Gasteiger partial charge in [-0.1, -0.05) is 0 Å². The third kappa shape index (κ3) is 3.30. The molecule has 2 saturated heterocycles. The number of aromatic nitrogens is 4. The molecular weight excluding hydrogens is 290 g/mol. The van der Waals surface area contributed by atoms with Gasteiger partial charge in [0.1, 0.15) is 6.33 Å². The zero-order chi connectivity index (χ0) is 15.5. The minimum atomic E-state index is 0.679. The van der Waals surface area contributed by atoms with Gasteiger partial charge in [-0.15, -0.1) is 0 Å². The summed E-state index contributed by atoms with van der Waals surface area (Å²) in [6.07, 6.45) is 9.01. The molecule has 2 aliphatic heterocycles. The zero-order valence-electron chi connectivity index (χ0n) is 13.1. The average Bonchev–Trinajstić information content (AvgIpc) is 2.60. The van der Waals surface area contributed by atoms with E-state index in [1.807, 2.05) is 30.9 Å². The third-order valence-electron chi connectivity index (χ3n) is 4.62. The molecule has 0 saturated carbocycles. The maximum Gasteiger partial charge on any atom is 0.225 e. The predicted octanol–water partition coefficient (Wildman–Crippen LogP) is 0.273. The van der Waals surface area contributed by atoms with Crippen LogP contribution in [-0.4, -0.2) is 75.0 Å². The highest BCUT2D eigenvalue weighted by atomic mass is 15.4. The van der Waals surface area contributed by atoms with E-state index in [-0.39, 0.29) is 0 Å². The van der Waals surface area contributed by atoms with E-state index in [1.165, 1.54) is 5.56 Å². The molecule has 2 fully saturated rings. The van der Waals surface area contributed by atoms with Crippen molar-refractivity contribution in [3.63, 3.8) is 0 Å². The number of rotatable bonds is 4. The van der Waals surface area contributed by atoms with E-state index >= 15 is 0 Å². The molecule has 0 radical (unpaired) electrons. The van der Waals surface area contributed by atoms with Crippen molar-refractivity contribution in [3.8, 4) is 0 Å². The molecule has 7 heteroatoms. The summed E-state index contributed by atoms with van der Waals surface area (Å²) in [5.74, 6) is 0.853. The van der Waals surface area contributed by atoms with Crippen LogP contribution in [0.3, 0.4) is 0 Å². The lowest BCUT2D eigenvalue weighted by atomic mass is 10.1. The maximum absolute atomic E-state index is 4.34. The van der Waals surface area contributed by atoms with Crippen LogP contribution in [0.4, 0.5) is 5.95 Å². The van der Waals surface area contributed by atoms with E-state index < -0.39 is 0 Å². The first-order chi connectivity index (χ1) is 11.4. The molecule has 0 bridgehead atoms. The Morgan fingerprint density at radius 3 is 2.35 bits per heavy atom. The molecule has 120 valence electrons. The van der Waals surface area contributed by atoms with Crippen LogP contribution in [0.2, 0.25) is 0 Å². The van der Waals surface area contributed by atoms with Gasteiger partial charge in [-0.05, 0) is 6.07 Å². The van der Waals surface area contributed by atoms with E-state index in [1.54, 1.807) is 6.33 Å². The van der Waals surface area contributed by atoms with Crippen molar-refractivity contribution in [1.29, 1.82) is 0 Å². The van der Waals surface area contributed by atoms with Gasteiger partial charge in [-0.3, -0.25) is 9.80 Å². The fourth-order valence-corrected chi connectivity index (χ4v) is 3.31. The highest BCUT2D eigenvalue weighted by molar-refractivity contribution is 5.29. The van der Waals surface area contributed by atoms with Crippen LogP contribution >= 0.6 is 0 Å². The first-order valence-electron chi connectivity index (χ1n) is 8.11. The van der Waals surface area contributed by atoms with Crippen molar-refractivity contribution >= 4 is 5.95 Å². The van der Waals surface area contributed by atoms with E-state index in [2.05, 4.69) is 34.6 Å².